The van der Waals surface area contributed by atoms with Crippen molar-refractivity contribution in [1.29, 1.82) is 0 Å². The van der Waals surface area contributed by atoms with Gasteiger partial charge in [0.05, 0.1) is 32.6 Å². The molecule has 3 rings (SSSR count). The summed E-state index contributed by atoms with van der Waals surface area (Å²) in [5, 5.41) is 9.14. The maximum absolute atomic E-state index is 13.6. The number of hydrogen-bond donors (Lipinski definition) is 1. The van der Waals surface area contributed by atoms with Gasteiger partial charge in [0.15, 0.2) is 0 Å². The number of urea groups is 1. The van der Waals surface area contributed by atoms with Crippen LogP contribution in [0.15, 0.2) is 53.6 Å². The summed E-state index contributed by atoms with van der Waals surface area (Å²) in [6.07, 6.45) is 0.525. The number of nitrogens with one attached hydrogen (secondary N) is 1. The van der Waals surface area contributed by atoms with Crippen molar-refractivity contribution < 1.29 is 23.8 Å². The number of nitrogens with zero attached hydrogens (tertiary/aromatic N) is 3. The molecule has 0 saturated heterocycles. The van der Waals surface area contributed by atoms with Crippen molar-refractivity contribution in [3.8, 4) is 11.5 Å². The maximum Gasteiger partial charge on any atom is 0.318 e. The van der Waals surface area contributed by atoms with Gasteiger partial charge in [0, 0.05) is 31.2 Å². The van der Waals surface area contributed by atoms with Gasteiger partial charge in [0.2, 0.25) is 0 Å². The van der Waals surface area contributed by atoms with Gasteiger partial charge in [-0.25, -0.2) is 9.80 Å². The van der Waals surface area contributed by atoms with Crippen molar-refractivity contribution in [3.63, 3.8) is 0 Å². The first kappa shape index (κ1) is 27.0. The van der Waals surface area contributed by atoms with Gasteiger partial charge in [-0.05, 0) is 50.6 Å². The summed E-state index contributed by atoms with van der Waals surface area (Å²) in [6.45, 7) is 6.14. The highest BCUT2D eigenvalue weighted by Gasteiger charge is 2.35. The fraction of sp³-hybridized carbons (Fsp3) is 0.444. The molecule has 1 atom stereocenters. The molecule has 1 heterocycles. The number of hydrogen-bond acceptors (Lipinski definition) is 6. The van der Waals surface area contributed by atoms with Crippen LogP contribution in [0.3, 0.4) is 0 Å². The Morgan fingerprint density at radius 3 is 2.36 bits per heavy atom. The van der Waals surface area contributed by atoms with Crippen molar-refractivity contribution in [2.75, 3.05) is 41.0 Å². The summed E-state index contributed by atoms with van der Waals surface area (Å²) in [7, 11) is 4.79. The lowest BCUT2D eigenvalue weighted by Crippen LogP contribution is -2.52. The molecule has 0 radical (unpaired) electrons. The van der Waals surface area contributed by atoms with Gasteiger partial charge in [-0.1, -0.05) is 24.3 Å². The normalized spacial score (nSPS) is 15.3. The zero-order valence-electron chi connectivity index (χ0n) is 21.9. The van der Waals surface area contributed by atoms with E-state index in [2.05, 4.69) is 5.32 Å². The van der Waals surface area contributed by atoms with Gasteiger partial charge < -0.3 is 24.4 Å². The summed E-state index contributed by atoms with van der Waals surface area (Å²) in [5.74, 6) is 1.16. The quantitative estimate of drug-likeness (QED) is 0.570. The van der Waals surface area contributed by atoms with E-state index < -0.39 is 5.54 Å². The molecule has 0 aromatic heterocycles. The Labute approximate surface area is 213 Å². The van der Waals surface area contributed by atoms with Crippen LogP contribution in [0.4, 0.5) is 4.79 Å². The number of amides is 3. The smallest absolute Gasteiger partial charge is 0.318 e. The molecule has 0 aliphatic carbocycles. The van der Waals surface area contributed by atoms with Crippen molar-refractivity contribution in [3.05, 3.63) is 59.7 Å². The first-order valence-corrected chi connectivity index (χ1v) is 11.9. The molecular formula is C27H36N4O5. The SMILES string of the molecule is COCCN(CC(=O)N1N=C(c2cccc(OC)c2)C[C@@H]1c1ccc(OC)cc1)C(=O)NC(C)(C)C. The minimum atomic E-state index is -0.442. The third-order valence-corrected chi connectivity index (χ3v) is 5.73. The second kappa shape index (κ2) is 11.9. The molecule has 1 aliphatic heterocycles. The summed E-state index contributed by atoms with van der Waals surface area (Å²) >= 11 is 0. The van der Waals surface area contributed by atoms with E-state index in [0.29, 0.717) is 18.8 Å². The molecule has 9 nitrogen and oxygen atoms in total. The van der Waals surface area contributed by atoms with E-state index in [4.69, 9.17) is 19.3 Å². The van der Waals surface area contributed by atoms with Crippen molar-refractivity contribution >= 4 is 17.6 Å². The Kier molecular flexibility index (Phi) is 8.93. The average molecular weight is 497 g/mol. The van der Waals surface area contributed by atoms with Crippen LogP contribution in [0.1, 0.15) is 44.4 Å². The number of methoxy groups -OCH3 is 3. The van der Waals surface area contributed by atoms with Gasteiger partial charge in [-0.3, -0.25) is 4.79 Å². The first-order chi connectivity index (χ1) is 17.1. The molecule has 36 heavy (non-hydrogen) atoms. The molecule has 0 unspecified atom stereocenters. The molecule has 0 spiro atoms. The predicted octanol–water partition coefficient (Wildman–Crippen LogP) is 3.84. The van der Waals surface area contributed by atoms with Crippen molar-refractivity contribution in [2.24, 2.45) is 5.10 Å². The number of hydrazone groups is 1. The molecule has 2 aromatic carbocycles. The van der Waals surface area contributed by atoms with Crippen LogP contribution >= 0.6 is 0 Å². The maximum atomic E-state index is 13.6. The first-order valence-electron chi connectivity index (χ1n) is 11.9. The number of ether oxygens (including phenoxy) is 3. The van der Waals surface area contributed by atoms with Crippen molar-refractivity contribution in [2.45, 2.75) is 38.8 Å². The molecule has 2 aromatic rings. The molecule has 1 aliphatic rings. The van der Waals surface area contributed by atoms with Crippen molar-refractivity contribution in [1.82, 2.24) is 15.2 Å². The van der Waals surface area contributed by atoms with Crippen LogP contribution in [0.25, 0.3) is 0 Å². The zero-order valence-corrected chi connectivity index (χ0v) is 21.9. The lowest BCUT2D eigenvalue weighted by molar-refractivity contribution is -0.133. The monoisotopic (exact) mass is 496 g/mol. The highest BCUT2D eigenvalue weighted by atomic mass is 16.5. The molecule has 0 fully saturated rings. The third kappa shape index (κ3) is 6.97. The van der Waals surface area contributed by atoms with Crippen LogP contribution in [-0.4, -0.2) is 74.1 Å². The van der Waals surface area contributed by atoms with Crippen LogP contribution in [0, 0.1) is 0 Å². The van der Waals surface area contributed by atoms with Gasteiger partial charge in [-0.15, -0.1) is 0 Å². The third-order valence-electron chi connectivity index (χ3n) is 5.73. The lowest BCUT2D eigenvalue weighted by Gasteiger charge is -2.30. The summed E-state index contributed by atoms with van der Waals surface area (Å²) in [6, 6.07) is 14.6. The van der Waals surface area contributed by atoms with Crippen LogP contribution in [0.2, 0.25) is 0 Å². The largest absolute Gasteiger partial charge is 0.497 e. The lowest BCUT2D eigenvalue weighted by atomic mass is 9.98. The number of carbonyl (C=O) groups is 2. The topological polar surface area (TPSA) is 92.7 Å². The molecule has 0 saturated carbocycles. The van der Waals surface area contributed by atoms with E-state index in [1.54, 1.807) is 21.3 Å². The number of carbonyl (C=O) groups excluding carboxylic acids is 2. The van der Waals surface area contributed by atoms with Gasteiger partial charge in [0.1, 0.15) is 18.0 Å². The molecule has 194 valence electrons. The molecule has 1 N–H and O–H groups in total. The molecule has 3 amide bonds. The highest BCUT2D eigenvalue weighted by Crippen LogP contribution is 2.34. The average Bonchev–Trinajstić information content (AvgIpc) is 3.31. The van der Waals surface area contributed by atoms with E-state index in [9.17, 15) is 9.59 Å². The van der Waals surface area contributed by atoms with E-state index >= 15 is 0 Å². The predicted molar refractivity (Wildman–Crippen MR) is 138 cm³/mol. The Bertz CT molecular complexity index is 1080. The fourth-order valence-electron chi connectivity index (χ4n) is 3.89. The molecule has 9 heteroatoms. The molecule has 0 bridgehead atoms. The Morgan fingerprint density at radius 1 is 1.06 bits per heavy atom. The van der Waals surface area contributed by atoms with E-state index in [1.165, 1.54) is 9.91 Å². The van der Waals surface area contributed by atoms with E-state index in [1.807, 2.05) is 69.3 Å². The minimum Gasteiger partial charge on any atom is -0.497 e. The van der Waals surface area contributed by atoms with Gasteiger partial charge in [-0.2, -0.15) is 5.10 Å². The Hall–Kier alpha value is -3.59. The van der Waals surface area contributed by atoms with Crippen LogP contribution < -0.4 is 14.8 Å². The number of benzene rings is 2. The summed E-state index contributed by atoms with van der Waals surface area (Å²) in [5.41, 5.74) is 2.13. The van der Waals surface area contributed by atoms with E-state index in [-0.39, 0.29) is 31.1 Å². The van der Waals surface area contributed by atoms with Crippen LogP contribution in [0.5, 0.6) is 11.5 Å². The van der Waals surface area contributed by atoms with Gasteiger partial charge in [0.25, 0.3) is 5.91 Å². The summed E-state index contributed by atoms with van der Waals surface area (Å²) in [4.78, 5) is 28.0. The Morgan fingerprint density at radius 2 is 1.75 bits per heavy atom. The summed E-state index contributed by atoms with van der Waals surface area (Å²) < 4.78 is 15.8. The van der Waals surface area contributed by atoms with Crippen LogP contribution in [-0.2, 0) is 9.53 Å². The second-order valence-corrected chi connectivity index (χ2v) is 9.60. The Balaban J connectivity index is 1.91. The minimum absolute atomic E-state index is 0.132. The standard InChI is InChI=1S/C27H36N4O5/c1-27(2,3)28-26(33)30(14-15-34-4)18-25(32)31-24(19-10-12-21(35-5)13-11-19)17-23(29-31)20-8-7-9-22(16-20)36-6/h7-13,16,24H,14-15,17-18H2,1-6H3,(H,28,33)/t24-/m1/s1. The fourth-order valence-corrected chi connectivity index (χ4v) is 3.89. The molecular weight excluding hydrogens is 460 g/mol. The zero-order chi connectivity index (χ0) is 26.3. The second-order valence-electron chi connectivity index (χ2n) is 9.60. The highest BCUT2D eigenvalue weighted by molar-refractivity contribution is 6.03. The van der Waals surface area contributed by atoms with Gasteiger partial charge >= 0.3 is 6.03 Å². The number of rotatable bonds is 9. The van der Waals surface area contributed by atoms with E-state index in [0.717, 1.165) is 22.6 Å².